The molecule has 0 fully saturated rings. The van der Waals surface area contributed by atoms with Crippen LogP contribution < -0.4 is 10.3 Å². The van der Waals surface area contributed by atoms with Gasteiger partial charge in [0.25, 0.3) is 5.69 Å². The first-order valence-electron chi connectivity index (χ1n) is 7.72. The number of nitro groups is 1. The standard InChI is InChI=1S/C18H14ClN3O3S/c19-14-6-4-13(5-7-14)17(23)11-21-10-16(26-18(21)20)9-12-2-1-3-15(8-12)22(24)25/h1-8,10,20H,9,11H2/p+1. The summed E-state index contributed by atoms with van der Waals surface area (Å²) in [5, 5.41) is 12.0. The number of carbonyl (C=O) groups excluding carboxylic acids is 1. The van der Waals surface area contributed by atoms with Crippen LogP contribution in [0.15, 0.2) is 54.7 Å². The fourth-order valence-electron chi connectivity index (χ4n) is 2.52. The second kappa shape index (κ2) is 7.63. The monoisotopic (exact) mass is 388 g/mol. The molecule has 0 saturated carbocycles. The van der Waals surface area contributed by atoms with Crippen LogP contribution in [0.5, 0.6) is 0 Å². The Morgan fingerprint density at radius 1 is 1.23 bits per heavy atom. The zero-order valence-electron chi connectivity index (χ0n) is 13.6. The molecule has 1 heterocycles. The van der Waals surface area contributed by atoms with Crippen LogP contribution in [-0.2, 0) is 13.0 Å². The Kier molecular flexibility index (Phi) is 5.29. The highest BCUT2D eigenvalue weighted by Gasteiger charge is 2.17. The molecule has 0 radical (unpaired) electrons. The van der Waals surface area contributed by atoms with Gasteiger partial charge in [-0.1, -0.05) is 35.1 Å². The number of hydrogen-bond acceptors (Lipinski definition) is 5. The lowest BCUT2D eigenvalue weighted by Crippen LogP contribution is -2.38. The van der Waals surface area contributed by atoms with Crippen LogP contribution in [0.4, 0.5) is 10.8 Å². The van der Waals surface area contributed by atoms with Gasteiger partial charge in [0.05, 0.1) is 9.80 Å². The van der Waals surface area contributed by atoms with Gasteiger partial charge in [-0.15, -0.1) is 0 Å². The third kappa shape index (κ3) is 4.25. The molecule has 132 valence electrons. The zero-order chi connectivity index (χ0) is 18.7. The Morgan fingerprint density at radius 3 is 2.65 bits per heavy atom. The number of rotatable bonds is 6. The van der Waals surface area contributed by atoms with Crippen molar-refractivity contribution in [3.63, 3.8) is 0 Å². The van der Waals surface area contributed by atoms with Gasteiger partial charge in [-0.2, -0.15) is 0 Å². The highest BCUT2D eigenvalue weighted by molar-refractivity contribution is 7.14. The highest BCUT2D eigenvalue weighted by Crippen LogP contribution is 2.21. The molecule has 1 aromatic heterocycles. The second-order valence-corrected chi connectivity index (χ2v) is 7.28. The molecule has 0 saturated heterocycles. The van der Waals surface area contributed by atoms with Gasteiger partial charge >= 0.3 is 5.13 Å². The van der Waals surface area contributed by atoms with Gasteiger partial charge in [-0.3, -0.25) is 20.6 Å². The summed E-state index contributed by atoms with van der Waals surface area (Å²) < 4.78 is 1.69. The number of halogens is 1. The summed E-state index contributed by atoms with van der Waals surface area (Å²) in [4.78, 5) is 23.8. The molecular weight excluding hydrogens is 374 g/mol. The molecule has 0 bridgehead atoms. The molecule has 0 aliphatic carbocycles. The fourth-order valence-corrected chi connectivity index (χ4v) is 3.57. The summed E-state index contributed by atoms with van der Waals surface area (Å²) >= 11 is 7.20. The van der Waals surface area contributed by atoms with E-state index in [-0.39, 0.29) is 18.0 Å². The molecule has 8 heteroatoms. The predicted molar refractivity (Wildman–Crippen MR) is 101 cm³/mol. The molecule has 3 aromatic rings. The highest BCUT2D eigenvalue weighted by atomic mass is 35.5. The number of non-ortho nitro benzene ring substituents is 1. The summed E-state index contributed by atoms with van der Waals surface area (Å²) in [5.74, 6) is -0.0712. The van der Waals surface area contributed by atoms with Crippen molar-refractivity contribution in [2.75, 3.05) is 5.73 Å². The minimum Gasteiger partial charge on any atom is -0.290 e. The van der Waals surface area contributed by atoms with Gasteiger partial charge in [0.15, 0.2) is 6.54 Å². The predicted octanol–water partition coefficient (Wildman–Crippen LogP) is 3.65. The number of anilines is 1. The molecule has 2 N–H and O–H groups in total. The molecule has 0 aliphatic rings. The van der Waals surface area contributed by atoms with Crippen molar-refractivity contribution in [3.8, 4) is 0 Å². The van der Waals surface area contributed by atoms with Crippen molar-refractivity contribution in [1.29, 1.82) is 0 Å². The topological polar surface area (TPSA) is 90.1 Å². The van der Waals surface area contributed by atoms with Crippen LogP contribution in [0.25, 0.3) is 0 Å². The van der Waals surface area contributed by atoms with Crippen molar-refractivity contribution in [2.45, 2.75) is 13.0 Å². The average Bonchev–Trinajstić information content (AvgIpc) is 2.94. The molecule has 6 nitrogen and oxygen atoms in total. The molecule has 0 unspecified atom stereocenters. The molecule has 0 atom stereocenters. The first-order chi connectivity index (χ1) is 12.4. The zero-order valence-corrected chi connectivity index (χ0v) is 15.2. The van der Waals surface area contributed by atoms with Gasteiger partial charge < -0.3 is 0 Å². The number of aromatic nitrogens is 1. The molecule has 0 amide bonds. The van der Waals surface area contributed by atoms with Crippen molar-refractivity contribution in [2.24, 2.45) is 0 Å². The lowest BCUT2D eigenvalue weighted by atomic mass is 10.1. The third-order valence-corrected chi connectivity index (χ3v) is 5.01. The van der Waals surface area contributed by atoms with Crippen LogP contribution >= 0.6 is 22.9 Å². The van der Waals surface area contributed by atoms with E-state index in [9.17, 15) is 14.9 Å². The summed E-state index contributed by atoms with van der Waals surface area (Å²) in [7, 11) is 0. The fraction of sp³-hybridized carbons (Fsp3) is 0.111. The van der Waals surface area contributed by atoms with Gasteiger partial charge in [0.2, 0.25) is 5.78 Å². The van der Waals surface area contributed by atoms with E-state index >= 15 is 0 Å². The van der Waals surface area contributed by atoms with Crippen LogP contribution in [0.3, 0.4) is 0 Å². The first kappa shape index (κ1) is 18.0. The van der Waals surface area contributed by atoms with E-state index in [4.69, 9.17) is 17.3 Å². The minimum absolute atomic E-state index is 0.0535. The first-order valence-corrected chi connectivity index (χ1v) is 8.91. The molecular formula is C18H15ClN3O3S+. The van der Waals surface area contributed by atoms with Crippen molar-refractivity contribution >= 4 is 39.5 Å². The van der Waals surface area contributed by atoms with E-state index in [1.807, 2.05) is 12.3 Å². The summed E-state index contributed by atoms with van der Waals surface area (Å²) in [6.45, 7) is 0.124. The normalized spacial score (nSPS) is 10.7. The Balaban J connectivity index is 1.74. The molecule has 3 rings (SSSR count). The molecule has 0 aliphatic heterocycles. The van der Waals surface area contributed by atoms with E-state index < -0.39 is 4.92 Å². The molecule has 0 spiro atoms. The number of Topliss-reactive ketones (excluding diaryl/α,β-unsaturated/α-hetero) is 1. The smallest absolute Gasteiger partial charge is 0.290 e. The third-order valence-electron chi connectivity index (χ3n) is 3.80. The number of nitrogen functional groups attached to an aromatic ring is 1. The number of thiazole rings is 1. The molecule has 2 aromatic carbocycles. The van der Waals surface area contributed by atoms with E-state index in [1.165, 1.54) is 17.4 Å². The maximum absolute atomic E-state index is 12.4. The summed E-state index contributed by atoms with van der Waals surface area (Å²) in [5.41, 5.74) is 7.46. The summed E-state index contributed by atoms with van der Waals surface area (Å²) in [6.07, 6.45) is 2.32. The van der Waals surface area contributed by atoms with Crippen LogP contribution in [0.2, 0.25) is 5.02 Å². The number of nitrogens with zero attached hydrogens (tertiary/aromatic N) is 2. The lowest BCUT2D eigenvalue weighted by Gasteiger charge is -2.00. The van der Waals surface area contributed by atoms with Crippen molar-refractivity contribution < 1.29 is 14.3 Å². The average molecular weight is 389 g/mol. The Labute approximate surface area is 158 Å². The number of nitro benzene ring substituents is 1. The Hall–Kier alpha value is -2.77. The summed E-state index contributed by atoms with van der Waals surface area (Å²) in [6, 6.07) is 13.2. The minimum atomic E-state index is -0.419. The maximum Gasteiger partial charge on any atom is 0.332 e. The van der Waals surface area contributed by atoms with Crippen LogP contribution in [0.1, 0.15) is 20.8 Å². The number of ketones is 1. The molecule has 26 heavy (non-hydrogen) atoms. The quantitative estimate of drug-likeness (QED) is 0.302. The Morgan fingerprint density at radius 2 is 1.96 bits per heavy atom. The number of hydrogen-bond donors (Lipinski definition) is 1. The van der Waals surface area contributed by atoms with E-state index in [0.29, 0.717) is 22.1 Å². The van der Waals surface area contributed by atoms with Crippen LogP contribution in [0, 0.1) is 10.1 Å². The number of nitrogens with two attached hydrogens (primary N) is 1. The van der Waals surface area contributed by atoms with Gasteiger partial charge in [0.1, 0.15) is 6.20 Å². The van der Waals surface area contributed by atoms with Gasteiger partial charge in [-0.05, 0) is 29.8 Å². The lowest BCUT2D eigenvalue weighted by molar-refractivity contribution is -0.664. The Bertz CT molecular complexity index is 970. The number of carbonyl (C=O) groups is 1. The van der Waals surface area contributed by atoms with E-state index in [0.717, 1.165) is 10.4 Å². The van der Waals surface area contributed by atoms with Crippen molar-refractivity contribution in [1.82, 2.24) is 0 Å². The number of benzene rings is 2. The largest absolute Gasteiger partial charge is 0.332 e. The second-order valence-electron chi connectivity index (χ2n) is 5.70. The maximum atomic E-state index is 12.4. The SMILES string of the molecule is Nc1sc(Cc2cccc([N+](=O)[O-])c2)c[n+]1CC(=O)c1ccc(Cl)cc1. The van der Waals surface area contributed by atoms with Crippen LogP contribution in [-0.4, -0.2) is 10.7 Å². The van der Waals surface area contributed by atoms with Gasteiger partial charge in [-0.25, -0.2) is 4.57 Å². The van der Waals surface area contributed by atoms with Crippen molar-refractivity contribution in [3.05, 3.63) is 85.9 Å². The van der Waals surface area contributed by atoms with Gasteiger partial charge in [0, 0.05) is 29.1 Å². The van der Waals surface area contributed by atoms with E-state index in [1.54, 1.807) is 41.0 Å². The van der Waals surface area contributed by atoms with E-state index in [2.05, 4.69) is 0 Å².